The Morgan fingerprint density at radius 1 is 1.00 bits per heavy atom. The molecular formula is C15H22N2. The predicted octanol–water partition coefficient (Wildman–Crippen LogP) is 2.67. The molecule has 1 fully saturated rings. The molecule has 0 bridgehead atoms. The monoisotopic (exact) mass is 230 g/mol. The van der Waals surface area contributed by atoms with Crippen molar-refractivity contribution in [1.29, 1.82) is 0 Å². The molecule has 0 spiro atoms. The predicted molar refractivity (Wildman–Crippen MR) is 70.7 cm³/mol. The van der Waals surface area contributed by atoms with E-state index in [9.17, 15) is 0 Å². The Kier molecular flexibility index (Phi) is 3.44. The van der Waals surface area contributed by atoms with Gasteiger partial charge in [-0.1, -0.05) is 31.0 Å². The number of likely N-dealkylation sites (tertiary alicyclic amines) is 1. The van der Waals surface area contributed by atoms with E-state index in [2.05, 4.69) is 28.4 Å². The summed E-state index contributed by atoms with van der Waals surface area (Å²) in [5, 5.41) is 3.46. The molecule has 1 aromatic rings. The van der Waals surface area contributed by atoms with E-state index in [-0.39, 0.29) is 0 Å². The molecular weight excluding hydrogens is 208 g/mol. The number of nitrogens with one attached hydrogen (secondary N) is 1. The fourth-order valence-corrected chi connectivity index (χ4v) is 3.09. The van der Waals surface area contributed by atoms with E-state index < -0.39 is 0 Å². The first kappa shape index (κ1) is 11.2. The van der Waals surface area contributed by atoms with Crippen LogP contribution in [-0.4, -0.2) is 18.0 Å². The second-order valence-corrected chi connectivity index (χ2v) is 5.35. The average Bonchev–Trinajstić information content (AvgIpc) is 2.69. The summed E-state index contributed by atoms with van der Waals surface area (Å²) >= 11 is 0. The van der Waals surface area contributed by atoms with Gasteiger partial charge in [0.15, 0.2) is 0 Å². The van der Waals surface area contributed by atoms with Crippen molar-refractivity contribution in [1.82, 2.24) is 10.2 Å². The molecule has 2 nitrogen and oxygen atoms in total. The third-order valence-corrected chi connectivity index (χ3v) is 4.08. The van der Waals surface area contributed by atoms with E-state index in [0.717, 1.165) is 19.6 Å². The highest BCUT2D eigenvalue weighted by Gasteiger charge is 2.16. The first-order valence-corrected chi connectivity index (χ1v) is 6.96. The minimum absolute atomic E-state index is 1.06. The van der Waals surface area contributed by atoms with E-state index in [1.54, 1.807) is 11.1 Å². The first-order valence-electron chi connectivity index (χ1n) is 6.96. The maximum Gasteiger partial charge on any atom is 0.0237 e. The fraction of sp³-hybridized carbons (Fsp3) is 0.600. The van der Waals surface area contributed by atoms with Gasteiger partial charge in [-0.3, -0.25) is 4.90 Å². The van der Waals surface area contributed by atoms with Crippen LogP contribution >= 0.6 is 0 Å². The van der Waals surface area contributed by atoms with Crippen LogP contribution in [0.4, 0.5) is 0 Å². The maximum atomic E-state index is 3.46. The van der Waals surface area contributed by atoms with Crippen molar-refractivity contribution >= 4 is 0 Å². The number of benzene rings is 1. The molecule has 0 aromatic heterocycles. The Morgan fingerprint density at radius 3 is 2.65 bits per heavy atom. The minimum Gasteiger partial charge on any atom is -0.309 e. The third kappa shape index (κ3) is 2.53. The van der Waals surface area contributed by atoms with Crippen LogP contribution in [-0.2, 0) is 19.6 Å². The van der Waals surface area contributed by atoms with Crippen molar-refractivity contribution in [3.8, 4) is 0 Å². The second-order valence-electron chi connectivity index (χ2n) is 5.35. The molecule has 3 rings (SSSR count). The normalized spacial score (nSPS) is 21.2. The Hall–Kier alpha value is -0.860. The summed E-state index contributed by atoms with van der Waals surface area (Å²) in [6.07, 6.45) is 5.61. The van der Waals surface area contributed by atoms with Gasteiger partial charge < -0.3 is 5.32 Å². The first-order chi connectivity index (χ1) is 8.43. The largest absolute Gasteiger partial charge is 0.309 e. The van der Waals surface area contributed by atoms with Crippen molar-refractivity contribution in [2.75, 3.05) is 13.1 Å². The van der Waals surface area contributed by atoms with Gasteiger partial charge >= 0.3 is 0 Å². The van der Waals surface area contributed by atoms with E-state index in [4.69, 9.17) is 0 Å². The molecule has 2 aliphatic heterocycles. The maximum absolute atomic E-state index is 3.46. The quantitative estimate of drug-likeness (QED) is 0.840. The highest BCUT2D eigenvalue weighted by Crippen LogP contribution is 2.22. The summed E-state index contributed by atoms with van der Waals surface area (Å²) < 4.78 is 0. The molecule has 0 amide bonds. The lowest BCUT2D eigenvalue weighted by molar-refractivity contribution is 0.276. The van der Waals surface area contributed by atoms with Gasteiger partial charge in [0.2, 0.25) is 0 Å². The summed E-state index contributed by atoms with van der Waals surface area (Å²) in [6.45, 7) is 5.86. The van der Waals surface area contributed by atoms with Gasteiger partial charge in [0.05, 0.1) is 0 Å². The van der Waals surface area contributed by atoms with E-state index >= 15 is 0 Å². The van der Waals surface area contributed by atoms with Crippen LogP contribution in [0.15, 0.2) is 18.2 Å². The number of hydrogen-bond acceptors (Lipinski definition) is 2. The Bertz CT molecular complexity index is 379. The van der Waals surface area contributed by atoms with Crippen LogP contribution in [0, 0.1) is 0 Å². The van der Waals surface area contributed by atoms with Crippen molar-refractivity contribution in [3.05, 3.63) is 34.9 Å². The molecule has 0 atom stereocenters. The number of fused-ring (bicyclic) bond motifs is 1. The molecule has 17 heavy (non-hydrogen) atoms. The van der Waals surface area contributed by atoms with Crippen LogP contribution in [0.1, 0.15) is 42.4 Å². The van der Waals surface area contributed by atoms with Gasteiger partial charge in [-0.25, -0.2) is 0 Å². The van der Waals surface area contributed by atoms with Crippen LogP contribution < -0.4 is 5.32 Å². The lowest BCUT2D eigenvalue weighted by Gasteiger charge is -2.21. The topological polar surface area (TPSA) is 15.3 Å². The van der Waals surface area contributed by atoms with E-state index in [0.29, 0.717) is 0 Å². The van der Waals surface area contributed by atoms with Crippen LogP contribution in [0.25, 0.3) is 0 Å². The second kappa shape index (κ2) is 5.19. The molecule has 1 aromatic carbocycles. The molecule has 0 radical (unpaired) electrons. The van der Waals surface area contributed by atoms with Gasteiger partial charge in [-0.05, 0) is 42.6 Å². The molecule has 2 aliphatic rings. The third-order valence-electron chi connectivity index (χ3n) is 4.08. The average molecular weight is 230 g/mol. The lowest BCUT2D eigenvalue weighted by Crippen LogP contribution is -2.24. The summed E-state index contributed by atoms with van der Waals surface area (Å²) in [6, 6.07) is 6.80. The molecule has 1 saturated heterocycles. The Morgan fingerprint density at radius 2 is 1.82 bits per heavy atom. The molecule has 0 unspecified atom stereocenters. The van der Waals surface area contributed by atoms with Gasteiger partial charge in [-0.15, -0.1) is 0 Å². The summed E-state index contributed by atoms with van der Waals surface area (Å²) in [5.74, 6) is 0. The molecule has 2 heteroatoms. The van der Waals surface area contributed by atoms with Crippen molar-refractivity contribution in [3.63, 3.8) is 0 Å². The summed E-state index contributed by atoms with van der Waals surface area (Å²) in [4.78, 5) is 2.64. The van der Waals surface area contributed by atoms with Gasteiger partial charge in [0.25, 0.3) is 0 Å². The Balaban J connectivity index is 1.74. The summed E-state index contributed by atoms with van der Waals surface area (Å²) in [5.41, 5.74) is 4.63. The Labute approximate surface area is 104 Å². The van der Waals surface area contributed by atoms with Gasteiger partial charge in [0, 0.05) is 19.6 Å². The zero-order valence-electron chi connectivity index (χ0n) is 10.5. The lowest BCUT2D eigenvalue weighted by atomic mass is 10.0. The minimum atomic E-state index is 1.06. The van der Waals surface area contributed by atoms with E-state index in [1.165, 1.54) is 44.3 Å². The van der Waals surface area contributed by atoms with Crippen LogP contribution in [0.5, 0.6) is 0 Å². The number of nitrogens with zero attached hydrogens (tertiary/aromatic N) is 1. The number of rotatable bonds is 2. The molecule has 1 N–H and O–H groups in total. The van der Waals surface area contributed by atoms with Crippen molar-refractivity contribution < 1.29 is 0 Å². The highest BCUT2D eigenvalue weighted by atomic mass is 15.1. The van der Waals surface area contributed by atoms with Crippen molar-refractivity contribution in [2.24, 2.45) is 0 Å². The zero-order valence-corrected chi connectivity index (χ0v) is 10.5. The fourth-order valence-electron chi connectivity index (χ4n) is 3.09. The molecule has 92 valence electrons. The smallest absolute Gasteiger partial charge is 0.0237 e. The SMILES string of the molecule is c1cc2c(c(CN3CCCCCC3)c1)CNC2. The molecule has 2 heterocycles. The zero-order chi connectivity index (χ0) is 11.5. The van der Waals surface area contributed by atoms with Gasteiger partial charge in [-0.2, -0.15) is 0 Å². The van der Waals surface area contributed by atoms with E-state index in [1.807, 2.05) is 0 Å². The van der Waals surface area contributed by atoms with Crippen LogP contribution in [0.2, 0.25) is 0 Å². The molecule has 0 saturated carbocycles. The standard InChI is InChI=1S/C15H22N2/c1-2-4-9-17(8-3-1)12-14-7-5-6-13-10-16-11-15(13)14/h5-7,16H,1-4,8-12H2. The summed E-state index contributed by atoms with van der Waals surface area (Å²) in [7, 11) is 0. The number of hydrogen-bond donors (Lipinski definition) is 1. The van der Waals surface area contributed by atoms with Crippen molar-refractivity contribution in [2.45, 2.75) is 45.3 Å². The molecule has 0 aliphatic carbocycles. The highest BCUT2D eigenvalue weighted by molar-refractivity contribution is 5.37. The van der Waals surface area contributed by atoms with Gasteiger partial charge in [0.1, 0.15) is 0 Å². The van der Waals surface area contributed by atoms with Crippen LogP contribution in [0.3, 0.4) is 0 Å².